The Labute approximate surface area is 217 Å². The number of benzene rings is 2. The number of ether oxygens (including phenoxy) is 1. The zero-order valence-corrected chi connectivity index (χ0v) is 21.5. The summed E-state index contributed by atoms with van der Waals surface area (Å²) in [6.07, 6.45) is 1.32. The molecule has 1 fully saturated rings. The van der Waals surface area contributed by atoms with Gasteiger partial charge in [0.25, 0.3) is 0 Å². The summed E-state index contributed by atoms with van der Waals surface area (Å²) in [6, 6.07) is 14.8. The molecule has 8 nitrogen and oxygen atoms in total. The highest BCUT2D eigenvalue weighted by molar-refractivity contribution is 5.93. The third-order valence-electron chi connectivity index (χ3n) is 6.91. The number of amides is 2. The molecule has 196 valence electrons. The van der Waals surface area contributed by atoms with Crippen LogP contribution in [0.3, 0.4) is 0 Å². The minimum absolute atomic E-state index is 0.139. The molecule has 0 aromatic heterocycles. The molecular weight excluding hydrogens is 472 g/mol. The predicted octanol–water partition coefficient (Wildman–Crippen LogP) is 3.43. The van der Waals surface area contributed by atoms with Gasteiger partial charge in [-0.05, 0) is 56.7 Å². The van der Waals surface area contributed by atoms with E-state index in [2.05, 4.69) is 5.32 Å². The van der Waals surface area contributed by atoms with Gasteiger partial charge in [0.1, 0.15) is 17.7 Å². The van der Waals surface area contributed by atoms with Crippen LogP contribution in [0.4, 0.5) is 0 Å². The first kappa shape index (κ1) is 26.4. The zero-order valence-electron chi connectivity index (χ0n) is 21.5. The third kappa shape index (κ3) is 6.18. The van der Waals surface area contributed by atoms with Crippen LogP contribution in [0.5, 0.6) is 0 Å². The predicted molar refractivity (Wildman–Crippen MR) is 136 cm³/mol. The molecular formula is C29H34N2O6. The first-order chi connectivity index (χ1) is 17.5. The molecule has 2 heterocycles. The highest BCUT2D eigenvalue weighted by Gasteiger charge is 2.47. The Hall–Kier alpha value is -3.68. The normalized spacial score (nSPS) is 21.9. The van der Waals surface area contributed by atoms with Gasteiger partial charge >= 0.3 is 11.9 Å². The quantitative estimate of drug-likeness (QED) is 0.557. The number of fused-ring (bicyclic) bond motifs is 3. The Kier molecular flexibility index (Phi) is 7.66. The number of carbonyl (C=O) groups is 4. The van der Waals surface area contributed by atoms with Gasteiger partial charge in [0.15, 0.2) is 0 Å². The van der Waals surface area contributed by atoms with E-state index >= 15 is 0 Å². The van der Waals surface area contributed by atoms with E-state index in [1.807, 2.05) is 54.6 Å². The van der Waals surface area contributed by atoms with E-state index in [1.54, 1.807) is 20.8 Å². The highest BCUT2D eigenvalue weighted by atomic mass is 16.6. The van der Waals surface area contributed by atoms with Gasteiger partial charge in [0, 0.05) is 6.42 Å². The third-order valence-corrected chi connectivity index (χ3v) is 6.91. The maximum absolute atomic E-state index is 13.7. The van der Waals surface area contributed by atoms with Crippen molar-refractivity contribution in [1.29, 1.82) is 0 Å². The van der Waals surface area contributed by atoms with E-state index in [0.29, 0.717) is 19.3 Å². The van der Waals surface area contributed by atoms with E-state index in [9.17, 15) is 24.3 Å². The van der Waals surface area contributed by atoms with Gasteiger partial charge in [-0.1, -0.05) is 54.6 Å². The largest absolute Gasteiger partial charge is 0.480 e. The topological polar surface area (TPSA) is 113 Å². The van der Waals surface area contributed by atoms with Gasteiger partial charge in [-0.3, -0.25) is 14.4 Å². The summed E-state index contributed by atoms with van der Waals surface area (Å²) in [5.74, 6) is -3.14. The summed E-state index contributed by atoms with van der Waals surface area (Å²) in [4.78, 5) is 53.3. The molecule has 2 aliphatic rings. The second kappa shape index (κ2) is 10.7. The van der Waals surface area contributed by atoms with Crippen molar-refractivity contribution in [3.8, 4) is 0 Å². The molecule has 2 unspecified atom stereocenters. The maximum atomic E-state index is 13.7. The zero-order chi connectivity index (χ0) is 26.7. The number of nitrogens with one attached hydrogen (secondary N) is 1. The fourth-order valence-electron chi connectivity index (χ4n) is 5.34. The summed E-state index contributed by atoms with van der Waals surface area (Å²) >= 11 is 0. The number of carboxylic acid groups (broad SMARTS) is 1. The Morgan fingerprint density at radius 1 is 1.05 bits per heavy atom. The molecule has 1 saturated heterocycles. The molecule has 8 heteroatoms. The number of hydrogen-bond acceptors (Lipinski definition) is 5. The monoisotopic (exact) mass is 506 g/mol. The molecule has 2 aliphatic heterocycles. The molecule has 4 rings (SSSR count). The Morgan fingerprint density at radius 3 is 2.41 bits per heavy atom. The number of rotatable bonds is 7. The van der Waals surface area contributed by atoms with Crippen LogP contribution in [0.1, 0.15) is 62.8 Å². The van der Waals surface area contributed by atoms with E-state index in [0.717, 1.165) is 16.7 Å². The molecule has 2 N–H and O–H groups in total. The summed E-state index contributed by atoms with van der Waals surface area (Å²) in [7, 11) is 0. The van der Waals surface area contributed by atoms with Gasteiger partial charge in [0.2, 0.25) is 11.8 Å². The molecule has 2 aromatic carbocycles. The number of aliphatic carboxylic acids is 1. The minimum atomic E-state index is -1.05. The number of nitrogens with zero attached hydrogens (tertiary/aromatic N) is 1. The molecule has 0 spiro atoms. The number of carboxylic acids is 1. The lowest BCUT2D eigenvalue weighted by Crippen LogP contribution is -2.53. The summed E-state index contributed by atoms with van der Waals surface area (Å²) < 4.78 is 5.47. The van der Waals surface area contributed by atoms with E-state index in [-0.39, 0.29) is 18.9 Å². The van der Waals surface area contributed by atoms with E-state index in [4.69, 9.17) is 4.74 Å². The second-order valence-corrected chi connectivity index (χ2v) is 10.8. The SMILES string of the molecule is CC(C)(C)OC(=O)C[C@H](Cc1ccccc1)C(=O)NC1Cc2ccccc2C2CC[C@@H](C(=O)O)N2C1=O. The van der Waals surface area contributed by atoms with E-state index in [1.165, 1.54) is 4.90 Å². The van der Waals surface area contributed by atoms with Crippen LogP contribution < -0.4 is 5.32 Å². The van der Waals surface area contributed by atoms with Crippen LogP contribution in [0.25, 0.3) is 0 Å². The van der Waals surface area contributed by atoms with Gasteiger partial charge in [0.05, 0.1) is 18.4 Å². The molecule has 4 atom stereocenters. The van der Waals surface area contributed by atoms with Crippen molar-refractivity contribution < 1.29 is 29.0 Å². The molecule has 0 saturated carbocycles. The molecule has 0 bridgehead atoms. The summed E-state index contributed by atoms with van der Waals surface area (Å²) in [6.45, 7) is 5.30. The van der Waals surface area contributed by atoms with Crippen molar-refractivity contribution in [3.05, 3.63) is 71.3 Å². The Balaban J connectivity index is 1.60. The first-order valence-electron chi connectivity index (χ1n) is 12.7. The van der Waals surface area contributed by atoms with Crippen molar-refractivity contribution in [1.82, 2.24) is 10.2 Å². The minimum Gasteiger partial charge on any atom is -0.480 e. The molecule has 37 heavy (non-hydrogen) atoms. The van der Waals surface area contributed by atoms with Crippen LogP contribution >= 0.6 is 0 Å². The van der Waals surface area contributed by atoms with Crippen LogP contribution in [0.15, 0.2) is 54.6 Å². The van der Waals surface area contributed by atoms with Crippen molar-refractivity contribution in [2.75, 3.05) is 0 Å². The fourth-order valence-corrected chi connectivity index (χ4v) is 5.34. The average molecular weight is 507 g/mol. The smallest absolute Gasteiger partial charge is 0.326 e. The Bertz CT molecular complexity index is 1170. The van der Waals surface area contributed by atoms with Crippen LogP contribution in [0, 0.1) is 5.92 Å². The lowest BCUT2D eigenvalue weighted by molar-refractivity contribution is -0.157. The van der Waals surface area contributed by atoms with Crippen molar-refractivity contribution in [3.63, 3.8) is 0 Å². The van der Waals surface area contributed by atoms with E-state index < -0.39 is 47.4 Å². The fraction of sp³-hybridized carbons (Fsp3) is 0.448. The highest BCUT2D eigenvalue weighted by Crippen LogP contribution is 2.40. The second-order valence-electron chi connectivity index (χ2n) is 10.8. The average Bonchev–Trinajstić information content (AvgIpc) is 3.23. The van der Waals surface area contributed by atoms with Gasteiger partial charge < -0.3 is 20.1 Å². The standard InChI is InChI=1S/C29H34N2O6/c1-29(2,3)37-25(32)17-20(15-18-9-5-4-6-10-18)26(33)30-22-16-19-11-7-8-12-21(19)23-13-14-24(28(35)36)31(23)27(22)34/h4-12,20,22-24H,13-17H2,1-3H3,(H,30,33)(H,35,36)/t20-,22?,23?,24-/m0/s1. The lowest BCUT2D eigenvalue weighted by atomic mass is 9.93. The number of hydrogen-bond donors (Lipinski definition) is 2. The number of esters is 1. The van der Waals surface area contributed by atoms with Crippen LogP contribution in [0.2, 0.25) is 0 Å². The van der Waals surface area contributed by atoms with Gasteiger partial charge in [-0.25, -0.2) is 4.79 Å². The Morgan fingerprint density at radius 2 is 1.73 bits per heavy atom. The maximum Gasteiger partial charge on any atom is 0.326 e. The summed E-state index contributed by atoms with van der Waals surface area (Å²) in [5, 5.41) is 12.7. The molecule has 2 amide bonds. The van der Waals surface area contributed by atoms with Crippen molar-refractivity contribution >= 4 is 23.8 Å². The van der Waals surface area contributed by atoms with Crippen LogP contribution in [-0.4, -0.2) is 51.4 Å². The molecule has 2 aromatic rings. The van der Waals surface area contributed by atoms with Crippen molar-refractivity contribution in [2.24, 2.45) is 5.92 Å². The number of carbonyl (C=O) groups excluding carboxylic acids is 3. The van der Waals surface area contributed by atoms with Crippen molar-refractivity contribution in [2.45, 2.75) is 76.6 Å². The lowest BCUT2D eigenvalue weighted by Gasteiger charge is -2.30. The molecule has 0 aliphatic carbocycles. The molecule has 0 radical (unpaired) electrons. The summed E-state index contributed by atoms with van der Waals surface area (Å²) in [5.41, 5.74) is 2.02. The van der Waals surface area contributed by atoms with Crippen LogP contribution in [-0.2, 0) is 36.8 Å². The van der Waals surface area contributed by atoms with Gasteiger partial charge in [-0.15, -0.1) is 0 Å². The first-order valence-corrected chi connectivity index (χ1v) is 12.7. The van der Waals surface area contributed by atoms with Gasteiger partial charge in [-0.2, -0.15) is 0 Å².